The Morgan fingerprint density at radius 3 is 2.90 bits per heavy atom. The highest BCUT2D eigenvalue weighted by Gasteiger charge is 2.08. The summed E-state index contributed by atoms with van der Waals surface area (Å²) in [5.74, 6) is 0.601. The lowest BCUT2D eigenvalue weighted by molar-refractivity contribution is -0.123. The summed E-state index contributed by atoms with van der Waals surface area (Å²) in [4.78, 5) is 11.7. The van der Waals surface area contributed by atoms with Crippen molar-refractivity contribution in [3.63, 3.8) is 0 Å². The molecule has 0 heterocycles. The summed E-state index contributed by atoms with van der Waals surface area (Å²) in [6.45, 7) is 4.72. The van der Waals surface area contributed by atoms with E-state index >= 15 is 0 Å². The van der Waals surface area contributed by atoms with Crippen molar-refractivity contribution in [1.29, 1.82) is 0 Å². The molecule has 1 aromatic carbocycles. The monoisotopic (exact) mass is 342 g/mol. The smallest absolute Gasteiger partial charge is 0.258 e. The lowest BCUT2D eigenvalue weighted by atomic mass is 10.1. The predicted octanol–water partition coefficient (Wildman–Crippen LogP) is 2.63. The van der Waals surface area contributed by atoms with Crippen molar-refractivity contribution in [2.45, 2.75) is 39.2 Å². The average Bonchev–Trinajstić information content (AvgIpc) is 2.40. The Morgan fingerprint density at radius 1 is 1.50 bits per heavy atom. The molecule has 1 aromatic rings. The van der Waals surface area contributed by atoms with Crippen LogP contribution in [-0.2, 0) is 11.2 Å². The van der Waals surface area contributed by atoms with E-state index in [1.165, 1.54) is 0 Å². The fourth-order valence-corrected chi connectivity index (χ4v) is 2.40. The normalized spacial score (nSPS) is 12.0. The predicted molar refractivity (Wildman–Crippen MR) is 84.9 cm³/mol. The summed E-state index contributed by atoms with van der Waals surface area (Å²) in [5.41, 5.74) is 6.65. The van der Waals surface area contributed by atoms with E-state index < -0.39 is 0 Å². The van der Waals surface area contributed by atoms with Crippen LogP contribution in [0.3, 0.4) is 0 Å². The number of nitrogens with one attached hydrogen (secondary N) is 1. The SMILES string of the molecule is CCCC(C)NC(=O)COc1ccc(Br)c(CCN)c1. The van der Waals surface area contributed by atoms with Crippen molar-refractivity contribution in [2.75, 3.05) is 13.2 Å². The highest BCUT2D eigenvalue weighted by atomic mass is 79.9. The van der Waals surface area contributed by atoms with E-state index in [1.54, 1.807) is 0 Å². The summed E-state index contributed by atoms with van der Waals surface area (Å²) in [6.07, 6.45) is 2.81. The van der Waals surface area contributed by atoms with Crippen molar-refractivity contribution < 1.29 is 9.53 Å². The molecule has 20 heavy (non-hydrogen) atoms. The van der Waals surface area contributed by atoms with Gasteiger partial charge in [0.05, 0.1) is 0 Å². The molecule has 0 aliphatic rings. The van der Waals surface area contributed by atoms with Crippen LogP contribution in [0, 0.1) is 0 Å². The number of hydrogen-bond acceptors (Lipinski definition) is 3. The third kappa shape index (κ3) is 5.92. The summed E-state index contributed by atoms with van der Waals surface area (Å²) in [7, 11) is 0. The first-order valence-electron chi connectivity index (χ1n) is 6.97. The van der Waals surface area contributed by atoms with Crippen molar-refractivity contribution >= 4 is 21.8 Å². The van der Waals surface area contributed by atoms with Crippen molar-refractivity contribution in [3.05, 3.63) is 28.2 Å². The van der Waals surface area contributed by atoms with Crippen molar-refractivity contribution in [1.82, 2.24) is 5.32 Å². The minimum atomic E-state index is -0.0887. The van der Waals surface area contributed by atoms with Crippen LogP contribution < -0.4 is 15.8 Å². The minimum absolute atomic E-state index is 0.0394. The molecular formula is C15H23BrN2O2. The Labute approximate surface area is 129 Å². The molecule has 0 saturated carbocycles. The van der Waals surface area contributed by atoms with Crippen molar-refractivity contribution in [2.24, 2.45) is 5.73 Å². The van der Waals surface area contributed by atoms with Crippen molar-refractivity contribution in [3.8, 4) is 5.75 Å². The van der Waals surface area contributed by atoms with Gasteiger partial charge in [-0.25, -0.2) is 0 Å². The van der Waals surface area contributed by atoms with Gasteiger partial charge in [0.15, 0.2) is 6.61 Å². The standard InChI is InChI=1S/C15H23BrN2O2/c1-3-4-11(2)18-15(19)10-20-13-5-6-14(16)12(9-13)7-8-17/h5-6,9,11H,3-4,7-8,10,17H2,1-2H3,(H,18,19). The Hall–Kier alpha value is -1.07. The van der Waals surface area contributed by atoms with E-state index in [0.717, 1.165) is 29.3 Å². The summed E-state index contributed by atoms with van der Waals surface area (Å²) in [5, 5.41) is 2.91. The van der Waals surface area contributed by atoms with Crippen LogP contribution in [0.25, 0.3) is 0 Å². The lowest BCUT2D eigenvalue weighted by Gasteiger charge is -2.13. The number of carbonyl (C=O) groups excluding carboxylic acids is 1. The maximum Gasteiger partial charge on any atom is 0.258 e. The number of ether oxygens (including phenoxy) is 1. The molecular weight excluding hydrogens is 320 g/mol. The minimum Gasteiger partial charge on any atom is -0.484 e. The molecule has 0 bridgehead atoms. The van der Waals surface area contributed by atoms with Gasteiger partial charge in [0.1, 0.15) is 5.75 Å². The summed E-state index contributed by atoms with van der Waals surface area (Å²) in [6, 6.07) is 5.86. The third-order valence-corrected chi connectivity index (χ3v) is 3.70. The summed E-state index contributed by atoms with van der Waals surface area (Å²) < 4.78 is 6.53. The molecule has 0 aromatic heterocycles. The molecule has 1 unspecified atom stereocenters. The van der Waals surface area contributed by atoms with Gasteiger partial charge in [0.2, 0.25) is 0 Å². The Kier molecular flexibility index (Phi) is 7.62. The van der Waals surface area contributed by atoms with Gasteiger partial charge in [-0.3, -0.25) is 4.79 Å². The number of halogens is 1. The fraction of sp³-hybridized carbons (Fsp3) is 0.533. The second-order valence-corrected chi connectivity index (χ2v) is 5.69. The van der Waals surface area contributed by atoms with Crippen LogP contribution >= 0.6 is 15.9 Å². The van der Waals surface area contributed by atoms with Crippen LogP contribution in [0.2, 0.25) is 0 Å². The number of rotatable bonds is 8. The number of hydrogen-bond donors (Lipinski definition) is 2. The van der Waals surface area contributed by atoms with E-state index in [0.29, 0.717) is 12.3 Å². The number of carbonyl (C=O) groups is 1. The van der Waals surface area contributed by atoms with Gasteiger partial charge < -0.3 is 15.8 Å². The average molecular weight is 343 g/mol. The van der Waals surface area contributed by atoms with E-state index in [2.05, 4.69) is 28.2 Å². The number of nitrogens with two attached hydrogens (primary N) is 1. The second kappa shape index (κ2) is 8.97. The molecule has 0 spiro atoms. The molecule has 0 radical (unpaired) electrons. The van der Waals surface area contributed by atoms with Crippen LogP contribution in [0.15, 0.2) is 22.7 Å². The highest BCUT2D eigenvalue weighted by molar-refractivity contribution is 9.10. The zero-order valence-electron chi connectivity index (χ0n) is 12.1. The molecule has 0 aliphatic heterocycles. The summed E-state index contributed by atoms with van der Waals surface area (Å²) >= 11 is 3.47. The molecule has 1 rings (SSSR count). The van der Waals surface area contributed by atoms with Gasteiger partial charge in [-0.15, -0.1) is 0 Å². The molecule has 4 nitrogen and oxygen atoms in total. The van der Waals surface area contributed by atoms with Crippen LogP contribution in [0.1, 0.15) is 32.3 Å². The number of benzene rings is 1. The van der Waals surface area contributed by atoms with E-state index in [1.807, 2.05) is 25.1 Å². The van der Waals surface area contributed by atoms with E-state index in [-0.39, 0.29) is 18.6 Å². The van der Waals surface area contributed by atoms with Gasteiger partial charge in [-0.2, -0.15) is 0 Å². The van der Waals surface area contributed by atoms with E-state index in [4.69, 9.17) is 10.5 Å². The van der Waals surface area contributed by atoms with Gasteiger partial charge in [0.25, 0.3) is 5.91 Å². The Morgan fingerprint density at radius 2 is 2.25 bits per heavy atom. The first-order chi connectivity index (χ1) is 9.56. The zero-order valence-corrected chi connectivity index (χ0v) is 13.7. The second-order valence-electron chi connectivity index (χ2n) is 4.84. The van der Waals surface area contributed by atoms with Gasteiger partial charge in [0, 0.05) is 10.5 Å². The molecule has 0 aliphatic carbocycles. The molecule has 1 atom stereocenters. The van der Waals surface area contributed by atoms with E-state index in [9.17, 15) is 4.79 Å². The Balaban J connectivity index is 2.49. The number of amides is 1. The van der Waals surface area contributed by atoms with Crippen LogP contribution in [-0.4, -0.2) is 25.1 Å². The fourth-order valence-electron chi connectivity index (χ4n) is 1.96. The first kappa shape index (κ1) is 17.0. The zero-order chi connectivity index (χ0) is 15.0. The van der Waals surface area contributed by atoms with Gasteiger partial charge in [-0.05, 0) is 50.1 Å². The lowest BCUT2D eigenvalue weighted by Crippen LogP contribution is -2.35. The largest absolute Gasteiger partial charge is 0.484 e. The highest BCUT2D eigenvalue weighted by Crippen LogP contribution is 2.22. The molecule has 3 N–H and O–H groups in total. The molecule has 112 valence electrons. The van der Waals surface area contributed by atoms with Gasteiger partial charge in [-0.1, -0.05) is 29.3 Å². The maximum absolute atomic E-state index is 11.7. The molecule has 0 saturated heterocycles. The quantitative estimate of drug-likeness (QED) is 0.763. The van der Waals surface area contributed by atoms with Gasteiger partial charge >= 0.3 is 0 Å². The molecule has 0 fully saturated rings. The Bertz CT molecular complexity index is 438. The topological polar surface area (TPSA) is 64.3 Å². The van der Waals surface area contributed by atoms with Crippen LogP contribution in [0.4, 0.5) is 0 Å². The molecule has 1 amide bonds. The molecule has 5 heteroatoms. The third-order valence-electron chi connectivity index (χ3n) is 2.93. The maximum atomic E-state index is 11.7. The first-order valence-corrected chi connectivity index (χ1v) is 7.76. The van der Waals surface area contributed by atoms with Crippen LogP contribution in [0.5, 0.6) is 5.75 Å².